The number of rotatable bonds is 3. The first-order valence-corrected chi connectivity index (χ1v) is 7.15. The molecule has 0 unspecified atom stereocenters. The standard InChI is InChI=1S/C16H24N2O/c1-3-16(2)7-9-18(10-8-16)15(19)12-13-5-4-6-14(17)11-13/h4-6,11H,3,7-10,12,17H2,1-2H3. The highest BCUT2D eigenvalue weighted by Crippen LogP contribution is 2.34. The Labute approximate surface area is 115 Å². The van der Waals surface area contributed by atoms with E-state index in [4.69, 9.17) is 5.73 Å². The van der Waals surface area contributed by atoms with E-state index < -0.39 is 0 Å². The molecule has 1 fully saturated rings. The summed E-state index contributed by atoms with van der Waals surface area (Å²) in [5.74, 6) is 0.226. The van der Waals surface area contributed by atoms with Gasteiger partial charge in [0.2, 0.25) is 5.91 Å². The van der Waals surface area contributed by atoms with E-state index in [1.165, 1.54) is 6.42 Å². The molecule has 0 saturated carbocycles. The lowest BCUT2D eigenvalue weighted by Crippen LogP contribution is -2.42. The average Bonchev–Trinajstić information content (AvgIpc) is 2.39. The summed E-state index contributed by atoms with van der Waals surface area (Å²) in [5, 5.41) is 0. The Kier molecular flexibility index (Phi) is 4.13. The van der Waals surface area contributed by atoms with Gasteiger partial charge in [0.1, 0.15) is 0 Å². The largest absolute Gasteiger partial charge is 0.399 e. The number of nitrogens with zero attached hydrogens (tertiary/aromatic N) is 1. The van der Waals surface area contributed by atoms with Gasteiger partial charge < -0.3 is 10.6 Å². The highest BCUT2D eigenvalue weighted by Gasteiger charge is 2.30. The van der Waals surface area contributed by atoms with E-state index in [0.29, 0.717) is 11.8 Å². The number of likely N-dealkylation sites (tertiary alicyclic amines) is 1. The molecule has 1 aromatic rings. The molecule has 1 aliphatic rings. The SMILES string of the molecule is CCC1(C)CCN(C(=O)Cc2cccc(N)c2)CC1. The van der Waals surface area contributed by atoms with Gasteiger partial charge >= 0.3 is 0 Å². The average molecular weight is 260 g/mol. The van der Waals surface area contributed by atoms with Gasteiger partial charge in [-0.25, -0.2) is 0 Å². The fraction of sp³-hybridized carbons (Fsp3) is 0.562. The number of hydrogen-bond donors (Lipinski definition) is 1. The Balaban J connectivity index is 1.92. The Morgan fingerprint density at radius 2 is 2.05 bits per heavy atom. The summed E-state index contributed by atoms with van der Waals surface area (Å²) >= 11 is 0. The van der Waals surface area contributed by atoms with Crippen LogP contribution in [0.15, 0.2) is 24.3 Å². The van der Waals surface area contributed by atoms with Crippen molar-refractivity contribution in [2.75, 3.05) is 18.8 Å². The van der Waals surface area contributed by atoms with E-state index in [9.17, 15) is 4.79 Å². The van der Waals surface area contributed by atoms with Crippen LogP contribution in [0.3, 0.4) is 0 Å². The Bertz CT molecular complexity index is 448. The lowest BCUT2D eigenvalue weighted by molar-refractivity contribution is -0.132. The predicted octanol–water partition coefficient (Wildman–Crippen LogP) is 2.85. The van der Waals surface area contributed by atoms with Gasteiger partial charge in [0.25, 0.3) is 0 Å². The summed E-state index contributed by atoms with van der Waals surface area (Å²) < 4.78 is 0. The minimum Gasteiger partial charge on any atom is -0.399 e. The minimum absolute atomic E-state index is 0.226. The Morgan fingerprint density at radius 3 is 2.63 bits per heavy atom. The molecule has 0 aliphatic carbocycles. The number of anilines is 1. The Hall–Kier alpha value is -1.51. The van der Waals surface area contributed by atoms with Gasteiger partial charge in [-0.1, -0.05) is 32.4 Å². The molecule has 2 N–H and O–H groups in total. The van der Waals surface area contributed by atoms with Crippen LogP contribution in [0.1, 0.15) is 38.7 Å². The summed E-state index contributed by atoms with van der Waals surface area (Å²) in [6, 6.07) is 7.61. The normalized spacial score (nSPS) is 18.3. The van der Waals surface area contributed by atoms with Crippen LogP contribution in [0.4, 0.5) is 5.69 Å². The van der Waals surface area contributed by atoms with Crippen molar-refractivity contribution in [2.45, 2.75) is 39.5 Å². The first-order chi connectivity index (χ1) is 9.02. The molecule has 0 bridgehead atoms. The van der Waals surface area contributed by atoms with Crippen molar-refractivity contribution < 1.29 is 4.79 Å². The molecule has 1 amide bonds. The monoisotopic (exact) mass is 260 g/mol. The van der Waals surface area contributed by atoms with E-state index >= 15 is 0 Å². The van der Waals surface area contributed by atoms with Crippen LogP contribution in [0.25, 0.3) is 0 Å². The molecule has 0 atom stereocenters. The van der Waals surface area contributed by atoms with Crippen LogP contribution < -0.4 is 5.73 Å². The van der Waals surface area contributed by atoms with Crippen LogP contribution in [0.2, 0.25) is 0 Å². The molecule has 3 nitrogen and oxygen atoms in total. The zero-order valence-electron chi connectivity index (χ0n) is 12.0. The summed E-state index contributed by atoms with van der Waals surface area (Å²) in [6.07, 6.45) is 3.90. The molecule has 2 rings (SSSR count). The van der Waals surface area contributed by atoms with Crippen molar-refractivity contribution in [1.29, 1.82) is 0 Å². The van der Waals surface area contributed by atoms with Crippen LogP contribution in [-0.2, 0) is 11.2 Å². The number of hydrogen-bond acceptors (Lipinski definition) is 2. The second kappa shape index (κ2) is 5.64. The fourth-order valence-electron chi connectivity index (χ4n) is 2.64. The molecule has 1 heterocycles. The third kappa shape index (κ3) is 3.49. The van der Waals surface area contributed by atoms with Gasteiger partial charge in [0.15, 0.2) is 0 Å². The van der Waals surface area contributed by atoms with Gasteiger partial charge in [0.05, 0.1) is 6.42 Å². The van der Waals surface area contributed by atoms with E-state index in [1.807, 2.05) is 29.2 Å². The lowest BCUT2D eigenvalue weighted by Gasteiger charge is -2.39. The highest BCUT2D eigenvalue weighted by atomic mass is 16.2. The second-order valence-corrected chi connectivity index (χ2v) is 5.97. The van der Waals surface area contributed by atoms with Gasteiger partial charge in [-0.15, -0.1) is 0 Å². The number of piperidine rings is 1. The molecule has 0 radical (unpaired) electrons. The number of carbonyl (C=O) groups is 1. The van der Waals surface area contributed by atoms with Crippen LogP contribution in [0.5, 0.6) is 0 Å². The Morgan fingerprint density at radius 1 is 1.37 bits per heavy atom. The number of carbonyl (C=O) groups excluding carboxylic acids is 1. The maximum absolute atomic E-state index is 12.3. The minimum atomic E-state index is 0.226. The second-order valence-electron chi connectivity index (χ2n) is 5.97. The molecular weight excluding hydrogens is 236 g/mol. The maximum atomic E-state index is 12.3. The third-order valence-corrected chi connectivity index (χ3v) is 4.48. The first-order valence-electron chi connectivity index (χ1n) is 7.15. The van der Waals surface area contributed by atoms with E-state index in [1.54, 1.807) is 0 Å². The van der Waals surface area contributed by atoms with Crippen molar-refractivity contribution in [1.82, 2.24) is 4.90 Å². The van der Waals surface area contributed by atoms with Gasteiger partial charge in [-0.05, 0) is 36.0 Å². The van der Waals surface area contributed by atoms with Crippen molar-refractivity contribution in [3.8, 4) is 0 Å². The highest BCUT2D eigenvalue weighted by molar-refractivity contribution is 5.79. The summed E-state index contributed by atoms with van der Waals surface area (Å²) in [5.41, 5.74) is 7.90. The van der Waals surface area contributed by atoms with Gasteiger partial charge in [-0.3, -0.25) is 4.79 Å². The third-order valence-electron chi connectivity index (χ3n) is 4.48. The van der Waals surface area contributed by atoms with E-state index in [0.717, 1.165) is 37.2 Å². The van der Waals surface area contributed by atoms with Crippen molar-refractivity contribution in [2.24, 2.45) is 5.41 Å². The van der Waals surface area contributed by atoms with E-state index in [-0.39, 0.29) is 5.91 Å². The molecule has 0 spiro atoms. The molecule has 104 valence electrons. The molecule has 19 heavy (non-hydrogen) atoms. The predicted molar refractivity (Wildman–Crippen MR) is 78.8 cm³/mol. The van der Waals surface area contributed by atoms with Crippen molar-refractivity contribution >= 4 is 11.6 Å². The van der Waals surface area contributed by atoms with E-state index in [2.05, 4.69) is 13.8 Å². The lowest BCUT2D eigenvalue weighted by atomic mass is 9.78. The van der Waals surface area contributed by atoms with Crippen molar-refractivity contribution in [3.63, 3.8) is 0 Å². The number of benzene rings is 1. The molecule has 1 aromatic carbocycles. The zero-order chi connectivity index (χ0) is 13.9. The number of amides is 1. The molecular formula is C16H24N2O. The fourth-order valence-corrected chi connectivity index (χ4v) is 2.64. The van der Waals surface area contributed by atoms with Gasteiger partial charge in [0, 0.05) is 18.8 Å². The smallest absolute Gasteiger partial charge is 0.226 e. The van der Waals surface area contributed by atoms with Gasteiger partial charge in [-0.2, -0.15) is 0 Å². The molecule has 1 saturated heterocycles. The summed E-state index contributed by atoms with van der Waals surface area (Å²) in [6.45, 7) is 6.36. The topological polar surface area (TPSA) is 46.3 Å². The molecule has 3 heteroatoms. The quantitative estimate of drug-likeness (QED) is 0.849. The number of nitrogens with two attached hydrogens (primary N) is 1. The van der Waals surface area contributed by atoms with Crippen molar-refractivity contribution in [3.05, 3.63) is 29.8 Å². The van der Waals surface area contributed by atoms with Crippen LogP contribution in [0, 0.1) is 5.41 Å². The number of nitrogen functional groups attached to an aromatic ring is 1. The first kappa shape index (κ1) is 13.9. The van der Waals surface area contributed by atoms with Crippen LogP contribution in [-0.4, -0.2) is 23.9 Å². The van der Waals surface area contributed by atoms with Crippen LogP contribution >= 0.6 is 0 Å². The zero-order valence-corrected chi connectivity index (χ0v) is 12.0. The summed E-state index contributed by atoms with van der Waals surface area (Å²) in [7, 11) is 0. The summed E-state index contributed by atoms with van der Waals surface area (Å²) in [4.78, 5) is 14.3. The maximum Gasteiger partial charge on any atom is 0.226 e. The molecule has 0 aromatic heterocycles. The molecule has 1 aliphatic heterocycles.